The summed E-state index contributed by atoms with van der Waals surface area (Å²) in [6.07, 6.45) is 5.25. The Morgan fingerprint density at radius 1 is 0.500 bits per heavy atom. The highest BCUT2D eigenvalue weighted by molar-refractivity contribution is 7.80. The third kappa shape index (κ3) is 5980. The summed E-state index contributed by atoms with van der Waals surface area (Å²) < 4.78 is 94.8. The first-order chi connectivity index (χ1) is 10.2. The molecule has 0 aliphatic rings. The molecule has 0 saturated heterocycles. The molecule has 0 aliphatic heterocycles. The molecule has 0 amide bonds. The van der Waals surface area contributed by atoms with Crippen LogP contribution in [0.25, 0.3) is 0 Å². The number of rotatable bonds is 0. The normalized spacial score (nSPS) is 8.88. The van der Waals surface area contributed by atoms with Gasteiger partial charge in [-0.05, 0) is 20.8 Å². The molecule has 0 spiro atoms. The van der Waals surface area contributed by atoms with E-state index in [1.54, 1.807) is 18.2 Å². The van der Waals surface area contributed by atoms with Gasteiger partial charge in [0.05, 0.1) is 0 Å². The molecular weight excluding hydrogens is 396 g/mol. The van der Waals surface area contributed by atoms with Gasteiger partial charge in [-0.1, -0.05) is 18.2 Å². The number of allylic oxidation sites excluding steroid dienone is 3. The largest absolute Gasteiger partial charge is 0.394 e. The topological polar surface area (TPSA) is 224 Å². The Labute approximate surface area is 143 Å². The fourth-order valence-electron chi connectivity index (χ4n) is 0. The van der Waals surface area contributed by atoms with Crippen molar-refractivity contribution in [2.75, 3.05) is 0 Å². The van der Waals surface area contributed by atoms with Crippen molar-refractivity contribution >= 4 is 31.2 Å². The zero-order valence-electron chi connectivity index (χ0n) is 13.2. The molecule has 0 bridgehead atoms. The lowest BCUT2D eigenvalue weighted by Gasteiger charge is -1.68. The molecule has 0 unspecified atom stereocenters. The Balaban J connectivity index is -0.0000000413. The van der Waals surface area contributed by atoms with Crippen LogP contribution < -0.4 is 0 Å². The number of hydrogen-bond donors (Lipinski definition) is 6. The molecule has 0 aliphatic carbocycles. The summed E-state index contributed by atoms with van der Waals surface area (Å²) in [4.78, 5) is 0. The molecule has 0 fully saturated rings. The summed E-state index contributed by atoms with van der Waals surface area (Å²) in [5.74, 6) is 0. The number of hydrogen-bond acceptors (Lipinski definition) is 6. The van der Waals surface area contributed by atoms with E-state index >= 15 is 0 Å². The first kappa shape index (κ1) is 38.4. The Morgan fingerprint density at radius 2 is 0.500 bits per heavy atom. The van der Waals surface area contributed by atoms with Crippen LogP contribution in [-0.4, -0.2) is 52.6 Å². The van der Waals surface area contributed by atoms with Crippen molar-refractivity contribution in [3.63, 3.8) is 0 Å². The van der Waals surface area contributed by atoms with Crippen LogP contribution in [0.1, 0.15) is 20.8 Å². The molecular formula is C9H24O12S3. The van der Waals surface area contributed by atoms with Gasteiger partial charge in [0.15, 0.2) is 0 Å². The van der Waals surface area contributed by atoms with Crippen molar-refractivity contribution in [1.82, 2.24) is 0 Å². The predicted octanol–water partition coefficient (Wildman–Crippen LogP) is 1.62. The maximum absolute atomic E-state index is 8.74. The fraction of sp³-hybridized carbons (Fsp3) is 0.333. The highest BCUT2D eigenvalue weighted by Crippen LogP contribution is 1.60. The SMILES string of the molecule is C=CC.C=CC.C=CC.O=S(=O)(O)O.O=S(=O)(O)O.O=S(=O)(O)O. The third-order valence-electron chi connectivity index (χ3n) is 0. The van der Waals surface area contributed by atoms with E-state index < -0.39 is 31.2 Å². The molecule has 0 heterocycles. The molecule has 0 aromatic heterocycles. The van der Waals surface area contributed by atoms with Gasteiger partial charge in [0, 0.05) is 0 Å². The van der Waals surface area contributed by atoms with Crippen LogP contribution in [0.2, 0.25) is 0 Å². The molecule has 0 aromatic carbocycles. The van der Waals surface area contributed by atoms with Crippen molar-refractivity contribution < 1.29 is 52.6 Å². The van der Waals surface area contributed by atoms with Crippen molar-refractivity contribution in [2.45, 2.75) is 20.8 Å². The lowest BCUT2D eigenvalue weighted by atomic mass is 10.8. The van der Waals surface area contributed by atoms with Gasteiger partial charge in [-0.2, -0.15) is 25.3 Å². The van der Waals surface area contributed by atoms with E-state index in [-0.39, 0.29) is 0 Å². The zero-order chi connectivity index (χ0) is 21.6. The highest BCUT2D eigenvalue weighted by atomic mass is 32.3. The predicted molar refractivity (Wildman–Crippen MR) is 90.1 cm³/mol. The first-order valence-corrected chi connectivity index (χ1v) is 9.24. The van der Waals surface area contributed by atoms with E-state index in [0.717, 1.165) is 0 Å². The minimum absolute atomic E-state index is 1.75. The monoisotopic (exact) mass is 420 g/mol. The van der Waals surface area contributed by atoms with Crippen LogP contribution in [0.3, 0.4) is 0 Å². The molecule has 0 radical (unpaired) electrons. The van der Waals surface area contributed by atoms with Gasteiger partial charge in [-0.25, -0.2) is 0 Å². The van der Waals surface area contributed by atoms with Gasteiger partial charge in [0.2, 0.25) is 0 Å². The quantitative estimate of drug-likeness (QED) is 0.243. The lowest BCUT2D eigenvalue weighted by molar-refractivity contribution is 0.378. The average Bonchev–Trinajstić information content (AvgIpc) is 2.10. The second-order valence-corrected chi connectivity index (χ2v) is 5.26. The standard InChI is InChI=1S/3C3H6.3H2O4S/c3*1-3-2;3*1-5(2,3)4/h3*3H,1H2,2H3;3*(H2,1,2,3,4). The Bertz CT molecular complexity index is 462. The summed E-state index contributed by atoms with van der Waals surface area (Å²) in [6, 6.07) is 0. The van der Waals surface area contributed by atoms with Gasteiger partial charge >= 0.3 is 31.2 Å². The maximum Gasteiger partial charge on any atom is 0.394 e. The zero-order valence-corrected chi connectivity index (χ0v) is 15.7. The van der Waals surface area contributed by atoms with Crippen molar-refractivity contribution in [3.8, 4) is 0 Å². The van der Waals surface area contributed by atoms with E-state index in [2.05, 4.69) is 19.7 Å². The van der Waals surface area contributed by atoms with Crippen LogP contribution in [0.15, 0.2) is 38.0 Å². The maximum atomic E-state index is 8.74. The van der Waals surface area contributed by atoms with Crippen molar-refractivity contribution in [2.24, 2.45) is 0 Å². The van der Waals surface area contributed by atoms with Gasteiger partial charge in [-0.15, -0.1) is 19.7 Å². The second kappa shape index (κ2) is 24.1. The van der Waals surface area contributed by atoms with Gasteiger partial charge in [0.25, 0.3) is 0 Å². The van der Waals surface area contributed by atoms with E-state index in [1.807, 2.05) is 20.8 Å². The fourth-order valence-corrected chi connectivity index (χ4v) is 0. The van der Waals surface area contributed by atoms with Crippen LogP contribution in [0.4, 0.5) is 0 Å². The molecule has 24 heavy (non-hydrogen) atoms. The summed E-state index contributed by atoms with van der Waals surface area (Å²) >= 11 is 0. The summed E-state index contributed by atoms with van der Waals surface area (Å²) in [6.45, 7) is 15.8. The lowest BCUT2D eigenvalue weighted by Crippen LogP contribution is -1.89. The van der Waals surface area contributed by atoms with Crippen LogP contribution in [-0.2, 0) is 31.2 Å². The van der Waals surface area contributed by atoms with E-state index in [9.17, 15) is 0 Å². The van der Waals surface area contributed by atoms with Gasteiger partial charge in [0.1, 0.15) is 0 Å². The molecule has 0 atom stereocenters. The molecule has 0 saturated carbocycles. The third-order valence-corrected chi connectivity index (χ3v) is 0. The first-order valence-electron chi connectivity index (χ1n) is 5.05. The smallest absolute Gasteiger partial charge is 0.264 e. The van der Waals surface area contributed by atoms with Crippen LogP contribution in [0, 0.1) is 0 Å². The minimum Gasteiger partial charge on any atom is -0.264 e. The van der Waals surface area contributed by atoms with E-state index in [4.69, 9.17) is 52.6 Å². The summed E-state index contributed by atoms with van der Waals surface area (Å²) in [7, 11) is -14.0. The second-order valence-electron chi connectivity index (χ2n) is 2.57. The van der Waals surface area contributed by atoms with Gasteiger partial charge in [-0.3, -0.25) is 27.3 Å². The Kier molecular flexibility index (Phi) is 38.5. The molecule has 15 heteroatoms. The molecule has 12 nitrogen and oxygen atoms in total. The van der Waals surface area contributed by atoms with Crippen molar-refractivity contribution in [3.05, 3.63) is 38.0 Å². The molecule has 6 N–H and O–H groups in total. The molecule has 150 valence electrons. The molecule has 0 rings (SSSR count). The van der Waals surface area contributed by atoms with Gasteiger partial charge < -0.3 is 0 Å². The Hall–Kier alpha value is -1.17. The molecule has 0 aromatic rings. The average molecular weight is 420 g/mol. The van der Waals surface area contributed by atoms with Crippen LogP contribution in [0.5, 0.6) is 0 Å². The summed E-state index contributed by atoms with van der Waals surface area (Å²) in [5.41, 5.74) is 0. The summed E-state index contributed by atoms with van der Waals surface area (Å²) in [5, 5.41) is 0. The van der Waals surface area contributed by atoms with E-state index in [0.29, 0.717) is 0 Å². The van der Waals surface area contributed by atoms with Crippen molar-refractivity contribution in [1.29, 1.82) is 0 Å². The minimum atomic E-state index is -4.67. The van der Waals surface area contributed by atoms with E-state index in [1.165, 1.54) is 0 Å². The highest BCUT2D eigenvalue weighted by Gasteiger charge is 1.85. The Morgan fingerprint density at radius 3 is 0.500 bits per heavy atom. The van der Waals surface area contributed by atoms with Crippen LogP contribution >= 0.6 is 0 Å².